The molecule has 2 aromatic carbocycles. The number of rotatable bonds is 6. The molecular weight excluding hydrogens is 468 g/mol. The predicted molar refractivity (Wildman–Crippen MR) is 131 cm³/mol. The van der Waals surface area contributed by atoms with Gasteiger partial charge in [0.05, 0.1) is 5.92 Å². The van der Waals surface area contributed by atoms with Crippen molar-refractivity contribution in [1.82, 2.24) is 19.5 Å². The van der Waals surface area contributed by atoms with Crippen molar-refractivity contribution < 1.29 is 14.3 Å². The standard InChI is InChI=1S/C25H21ClN6O3/c1-16-28-22(31-11-10-27-15-31)13-23(29-16)35-21-8-4-19(5-9-21)30-25(34)17-12-24(33)32(14-17)20-6-2-18(26)3-7-20/h2-11,13,15,17H,12,14H2,1H3,(H,30,34). The number of halogens is 1. The van der Waals surface area contributed by atoms with Crippen molar-refractivity contribution in [2.75, 3.05) is 16.8 Å². The molecule has 3 heterocycles. The number of carbonyl (C=O) groups is 2. The van der Waals surface area contributed by atoms with Crippen molar-refractivity contribution in [2.24, 2.45) is 5.92 Å². The number of amides is 2. The summed E-state index contributed by atoms with van der Waals surface area (Å²) in [5, 5.41) is 3.48. The van der Waals surface area contributed by atoms with Gasteiger partial charge in [-0.05, 0) is 55.5 Å². The summed E-state index contributed by atoms with van der Waals surface area (Å²) < 4.78 is 7.65. The van der Waals surface area contributed by atoms with E-state index in [9.17, 15) is 9.59 Å². The number of nitrogens with one attached hydrogen (secondary N) is 1. The van der Waals surface area contributed by atoms with Crippen molar-refractivity contribution >= 4 is 34.8 Å². The van der Waals surface area contributed by atoms with Crippen LogP contribution < -0.4 is 15.0 Å². The molecule has 1 fully saturated rings. The topological polar surface area (TPSA) is 102 Å². The summed E-state index contributed by atoms with van der Waals surface area (Å²) in [6, 6.07) is 15.7. The van der Waals surface area contributed by atoms with Gasteiger partial charge in [0.25, 0.3) is 0 Å². The van der Waals surface area contributed by atoms with Crippen LogP contribution in [0.3, 0.4) is 0 Å². The van der Waals surface area contributed by atoms with Crippen LogP contribution in [0.1, 0.15) is 12.2 Å². The van der Waals surface area contributed by atoms with Crippen LogP contribution in [0.15, 0.2) is 73.3 Å². The lowest BCUT2D eigenvalue weighted by Crippen LogP contribution is -2.28. The molecule has 35 heavy (non-hydrogen) atoms. The number of imidazole rings is 1. The number of aryl methyl sites for hydroxylation is 1. The van der Waals surface area contributed by atoms with Gasteiger partial charge in [-0.25, -0.2) is 9.97 Å². The lowest BCUT2D eigenvalue weighted by atomic mass is 10.1. The van der Waals surface area contributed by atoms with Gasteiger partial charge in [-0.3, -0.25) is 14.2 Å². The van der Waals surface area contributed by atoms with Crippen molar-refractivity contribution in [3.63, 3.8) is 0 Å². The van der Waals surface area contributed by atoms with Crippen LogP contribution in [0.5, 0.6) is 11.6 Å². The van der Waals surface area contributed by atoms with Crippen LogP contribution in [-0.4, -0.2) is 37.9 Å². The maximum absolute atomic E-state index is 12.8. The molecule has 0 aliphatic carbocycles. The van der Waals surface area contributed by atoms with E-state index >= 15 is 0 Å². The smallest absolute Gasteiger partial charge is 0.229 e. The number of hydrogen-bond acceptors (Lipinski definition) is 6. The summed E-state index contributed by atoms with van der Waals surface area (Å²) in [6.07, 6.45) is 5.26. The van der Waals surface area contributed by atoms with Crippen LogP contribution >= 0.6 is 11.6 Å². The summed E-state index contributed by atoms with van der Waals surface area (Å²) in [7, 11) is 0. The first kappa shape index (κ1) is 22.5. The molecule has 0 spiro atoms. The van der Waals surface area contributed by atoms with E-state index in [1.807, 2.05) is 0 Å². The van der Waals surface area contributed by atoms with Crippen LogP contribution in [-0.2, 0) is 9.59 Å². The Labute approximate surface area is 206 Å². The molecule has 10 heteroatoms. The average molecular weight is 489 g/mol. The Balaban J connectivity index is 1.22. The van der Waals surface area contributed by atoms with E-state index in [1.165, 1.54) is 0 Å². The molecule has 1 N–H and O–H groups in total. The molecule has 0 bridgehead atoms. The van der Waals surface area contributed by atoms with Crippen LogP contribution in [0.4, 0.5) is 11.4 Å². The second kappa shape index (κ2) is 9.55. The lowest BCUT2D eigenvalue weighted by Gasteiger charge is -2.17. The molecular formula is C25H21ClN6O3. The van der Waals surface area contributed by atoms with Crippen molar-refractivity contribution in [3.8, 4) is 17.4 Å². The van der Waals surface area contributed by atoms with Crippen molar-refractivity contribution in [3.05, 3.63) is 84.2 Å². The molecule has 0 saturated carbocycles. The van der Waals surface area contributed by atoms with E-state index in [-0.39, 0.29) is 18.2 Å². The van der Waals surface area contributed by atoms with E-state index in [1.54, 1.807) is 89.7 Å². The monoisotopic (exact) mass is 488 g/mol. The largest absolute Gasteiger partial charge is 0.439 e. The summed E-state index contributed by atoms with van der Waals surface area (Å²) in [6.45, 7) is 2.10. The van der Waals surface area contributed by atoms with Crippen LogP contribution in [0.25, 0.3) is 5.82 Å². The van der Waals surface area contributed by atoms with E-state index in [0.29, 0.717) is 40.5 Å². The molecule has 176 valence electrons. The highest BCUT2D eigenvalue weighted by Crippen LogP contribution is 2.28. The Morgan fingerprint density at radius 2 is 1.89 bits per heavy atom. The Hall–Kier alpha value is -4.24. The molecule has 5 rings (SSSR count). The molecule has 4 aromatic rings. The summed E-state index contributed by atoms with van der Waals surface area (Å²) in [5.74, 6) is 1.42. The van der Waals surface area contributed by atoms with Gasteiger partial charge >= 0.3 is 0 Å². The first-order valence-corrected chi connectivity index (χ1v) is 11.3. The minimum Gasteiger partial charge on any atom is -0.439 e. The maximum atomic E-state index is 12.8. The minimum absolute atomic E-state index is 0.0913. The molecule has 1 saturated heterocycles. The van der Waals surface area contributed by atoms with Gasteiger partial charge in [0, 0.05) is 47.8 Å². The van der Waals surface area contributed by atoms with Crippen molar-refractivity contribution in [1.29, 1.82) is 0 Å². The third-order valence-electron chi connectivity index (χ3n) is 5.55. The number of anilines is 2. The fourth-order valence-electron chi connectivity index (χ4n) is 3.83. The highest BCUT2D eigenvalue weighted by molar-refractivity contribution is 6.30. The van der Waals surface area contributed by atoms with Gasteiger partial charge in [-0.2, -0.15) is 4.98 Å². The van der Waals surface area contributed by atoms with Gasteiger partial charge in [0.2, 0.25) is 17.7 Å². The van der Waals surface area contributed by atoms with E-state index in [4.69, 9.17) is 16.3 Å². The predicted octanol–water partition coefficient (Wildman–Crippen LogP) is 4.41. The van der Waals surface area contributed by atoms with E-state index in [2.05, 4.69) is 20.3 Å². The zero-order valence-corrected chi connectivity index (χ0v) is 19.5. The zero-order valence-electron chi connectivity index (χ0n) is 18.8. The number of carbonyl (C=O) groups excluding carboxylic acids is 2. The molecule has 9 nitrogen and oxygen atoms in total. The van der Waals surface area contributed by atoms with E-state index in [0.717, 1.165) is 5.69 Å². The van der Waals surface area contributed by atoms with E-state index < -0.39 is 5.92 Å². The minimum atomic E-state index is -0.445. The highest BCUT2D eigenvalue weighted by Gasteiger charge is 2.35. The molecule has 1 aliphatic rings. The third kappa shape index (κ3) is 5.15. The lowest BCUT2D eigenvalue weighted by molar-refractivity contribution is -0.122. The normalized spacial score (nSPS) is 15.3. The fraction of sp³-hybridized carbons (Fsp3) is 0.160. The maximum Gasteiger partial charge on any atom is 0.229 e. The molecule has 2 aromatic heterocycles. The molecule has 1 atom stereocenters. The first-order valence-electron chi connectivity index (χ1n) is 10.9. The average Bonchev–Trinajstić information content (AvgIpc) is 3.51. The summed E-state index contributed by atoms with van der Waals surface area (Å²) >= 11 is 5.93. The van der Waals surface area contributed by atoms with Crippen molar-refractivity contribution in [2.45, 2.75) is 13.3 Å². The highest BCUT2D eigenvalue weighted by atomic mass is 35.5. The molecule has 1 aliphatic heterocycles. The quantitative estimate of drug-likeness (QED) is 0.431. The Morgan fingerprint density at radius 1 is 1.11 bits per heavy atom. The zero-order chi connectivity index (χ0) is 24.4. The third-order valence-corrected chi connectivity index (χ3v) is 5.80. The number of nitrogens with zero attached hydrogens (tertiary/aromatic N) is 5. The van der Waals surface area contributed by atoms with Crippen LogP contribution in [0.2, 0.25) is 5.02 Å². The summed E-state index contributed by atoms with van der Waals surface area (Å²) in [5.41, 5.74) is 1.34. The Morgan fingerprint density at radius 3 is 2.60 bits per heavy atom. The molecule has 1 unspecified atom stereocenters. The van der Waals surface area contributed by atoms with Gasteiger partial charge < -0.3 is 15.0 Å². The van der Waals surface area contributed by atoms with Gasteiger partial charge in [-0.1, -0.05) is 11.6 Å². The van der Waals surface area contributed by atoms with Gasteiger partial charge in [0.1, 0.15) is 23.7 Å². The number of aromatic nitrogens is 4. The first-order chi connectivity index (χ1) is 16.9. The van der Waals surface area contributed by atoms with Gasteiger partial charge in [-0.15, -0.1) is 0 Å². The second-order valence-electron chi connectivity index (χ2n) is 8.08. The van der Waals surface area contributed by atoms with Crippen LogP contribution in [0, 0.1) is 12.8 Å². The Bertz CT molecular complexity index is 1360. The summed E-state index contributed by atoms with van der Waals surface area (Å²) in [4.78, 5) is 39.6. The second-order valence-corrected chi connectivity index (χ2v) is 8.52. The Kier molecular flexibility index (Phi) is 6.15. The fourth-order valence-corrected chi connectivity index (χ4v) is 3.96. The molecule has 2 amide bonds. The van der Waals surface area contributed by atoms with Gasteiger partial charge in [0.15, 0.2) is 0 Å². The number of ether oxygens (including phenoxy) is 1. The number of hydrogen-bond donors (Lipinski definition) is 1. The SMILES string of the molecule is Cc1nc(Oc2ccc(NC(=O)C3CC(=O)N(c4ccc(Cl)cc4)C3)cc2)cc(-n2ccnc2)n1. The number of benzene rings is 2. The molecule has 0 radical (unpaired) electrons.